The molecule has 0 amide bonds. The van der Waals surface area contributed by atoms with Gasteiger partial charge in [-0.25, -0.2) is 4.68 Å². The van der Waals surface area contributed by atoms with Crippen molar-refractivity contribution in [1.82, 2.24) is 9.78 Å². The highest BCUT2D eigenvalue weighted by atomic mass is 16.5. The number of methoxy groups -OCH3 is 1. The van der Waals surface area contributed by atoms with Crippen molar-refractivity contribution in [1.29, 1.82) is 0 Å². The van der Waals surface area contributed by atoms with E-state index in [9.17, 15) is 0 Å². The molecule has 0 spiro atoms. The van der Waals surface area contributed by atoms with E-state index in [2.05, 4.69) is 21.6 Å². The van der Waals surface area contributed by atoms with Crippen molar-refractivity contribution in [2.75, 3.05) is 19.0 Å². The number of para-hydroxylation sites is 1. The molecule has 0 aliphatic heterocycles. The monoisotopic (exact) mass is 363 g/mol. The number of nitrogens with zero attached hydrogens (tertiary/aromatic N) is 3. The predicted octanol–water partition coefficient (Wildman–Crippen LogP) is 3.55. The van der Waals surface area contributed by atoms with Crippen molar-refractivity contribution in [3.63, 3.8) is 0 Å². The number of hydrogen-bond acceptors (Lipinski definition) is 3. The molecule has 0 aliphatic carbocycles. The molecule has 0 atom stereocenters. The van der Waals surface area contributed by atoms with Crippen molar-refractivity contribution in [2.24, 2.45) is 10.7 Å². The molecule has 1 aromatic heterocycles. The zero-order valence-corrected chi connectivity index (χ0v) is 15.7. The van der Waals surface area contributed by atoms with Crippen molar-refractivity contribution >= 4 is 11.6 Å². The van der Waals surface area contributed by atoms with Crippen LogP contribution in [0.1, 0.15) is 17.7 Å². The third-order valence-electron chi connectivity index (χ3n) is 4.25. The van der Waals surface area contributed by atoms with E-state index in [1.807, 2.05) is 66.2 Å². The van der Waals surface area contributed by atoms with Gasteiger partial charge in [-0.05, 0) is 49.6 Å². The van der Waals surface area contributed by atoms with Gasteiger partial charge in [-0.15, -0.1) is 0 Å². The van der Waals surface area contributed by atoms with E-state index in [1.165, 1.54) is 5.56 Å². The van der Waals surface area contributed by atoms with Crippen LogP contribution in [0.25, 0.3) is 5.69 Å². The Morgan fingerprint density at radius 3 is 2.78 bits per heavy atom. The summed E-state index contributed by atoms with van der Waals surface area (Å²) in [5.41, 5.74) is 10.2. The number of aromatic nitrogens is 2. The molecule has 6 nitrogen and oxygen atoms in total. The van der Waals surface area contributed by atoms with E-state index >= 15 is 0 Å². The third kappa shape index (κ3) is 5.10. The Hall–Kier alpha value is -3.28. The summed E-state index contributed by atoms with van der Waals surface area (Å²) in [5.74, 6) is 1.18. The minimum atomic E-state index is 0.403. The van der Waals surface area contributed by atoms with Gasteiger partial charge >= 0.3 is 0 Å². The highest BCUT2D eigenvalue weighted by Crippen LogP contribution is 2.16. The maximum Gasteiger partial charge on any atom is 0.193 e. The molecule has 3 N–H and O–H groups in total. The van der Waals surface area contributed by atoms with E-state index < -0.39 is 0 Å². The number of benzene rings is 2. The minimum absolute atomic E-state index is 0.403. The Balaban J connectivity index is 1.52. The number of anilines is 1. The van der Waals surface area contributed by atoms with Crippen LogP contribution in [0.3, 0.4) is 0 Å². The van der Waals surface area contributed by atoms with Crippen LogP contribution in [-0.4, -0.2) is 29.4 Å². The highest BCUT2D eigenvalue weighted by molar-refractivity contribution is 5.92. The first-order valence-corrected chi connectivity index (χ1v) is 8.97. The topological polar surface area (TPSA) is 77.5 Å². The quantitative estimate of drug-likeness (QED) is 0.382. The molecule has 3 rings (SSSR count). The Morgan fingerprint density at radius 1 is 1.19 bits per heavy atom. The Bertz CT molecular complexity index is 902. The largest absolute Gasteiger partial charge is 0.497 e. The van der Waals surface area contributed by atoms with Crippen molar-refractivity contribution in [3.8, 4) is 11.4 Å². The van der Waals surface area contributed by atoms with Gasteiger partial charge < -0.3 is 15.8 Å². The number of aliphatic imine (C=N–C) groups is 1. The summed E-state index contributed by atoms with van der Waals surface area (Å²) in [7, 11) is 1.64. The second-order valence-corrected chi connectivity index (χ2v) is 6.25. The predicted molar refractivity (Wildman–Crippen MR) is 110 cm³/mol. The van der Waals surface area contributed by atoms with Crippen LogP contribution in [0.2, 0.25) is 0 Å². The number of hydrogen-bond donors (Lipinski definition) is 2. The molecule has 1 heterocycles. The van der Waals surface area contributed by atoms with Crippen LogP contribution in [0.15, 0.2) is 65.8 Å². The first-order valence-electron chi connectivity index (χ1n) is 8.97. The van der Waals surface area contributed by atoms with Crippen LogP contribution in [0.5, 0.6) is 5.75 Å². The van der Waals surface area contributed by atoms with Crippen molar-refractivity contribution < 1.29 is 4.74 Å². The molecule has 0 bridgehead atoms. The smallest absolute Gasteiger partial charge is 0.193 e. The summed E-state index contributed by atoms with van der Waals surface area (Å²) in [6, 6.07) is 17.7. The van der Waals surface area contributed by atoms with Crippen molar-refractivity contribution in [2.45, 2.75) is 19.8 Å². The molecular formula is C21H25N5O. The summed E-state index contributed by atoms with van der Waals surface area (Å²) in [6.07, 6.45) is 3.91. The Morgan fingerprint density at radius 2 is 2.00 bits per heavy atom. The molecule has 6 heteroatoms. The van der Waals surface area contributed by atoms with Gasteiger partial charge in [0.1, 0.15) is 5.75 Å². The molecule has 27 heavy (non-hydrogen) atoms. The van der Waals surface area contributed by atoms with Crippen LogP contribution >= 0.6 is 0 Å². The van der Waals surface area contributed by atoms with Gasteiger partial charge in [0.2, 0.25) is 0 Å². The molecule has 0 fully saturated rings. The fraction of sp³-hybridized carbons (Fsp3) is 0.238. The Labute approximate surface area is 159 Å². The Kier molecular flexibility index (Phi) is 6.10. The van der Waals surface area contributed by atoms with Gasteiger partial charge in [-0.1, -0.05) is 24.3 Å². The van der Waals surface area contributed by atoms with Crippen molar-refractivity contribution in [3.05, 3.63) is 72.1 Å². The fourth-order valence-corrected chi connectivity index (χ4v) is 2.81. The summed E-state index contributed by atoms with van der Waals surface area (Å²) in [5, 5.41) is 7.68. The number of aryl methyl sites for hydroxylation is 2. The molecule has 140 valence electrons. The highest BCUT2D eigenvalue weighted by Gasteiger charge is 2.06. The molecule has 0 aliphatic rings. The zero-order chi connectivity index (χ0) is 19.1. The third-order valence-corrected chi connectivity index (χ3v) is 4.25. The maximum absolute atomic E-state index is 5.97. The number of ether oxygens (including phenoxy) is 1. The van der Waals surface area contributed by atoms with Crippen LogP contribution in [-0.2, 0) is 6.42 Å². The summed E-state index contributed by atoms with van der Waals surface area (Å²) in [4.78, 5) is 4.40. The normalized spacial score (nSPS) is 11.4. The number of guanidine groups is 1. The minimum Gasteiger partial charge on any atom is -0.497 e. The zero-order valence-electron chi connectivity index (χ0n) is 15.7. The van der Waals surface area contributed by atoms with Crippen LogP contribution in [0, 0.1) is 6.92 Å². The van der Waals surface area contributed by atoms with E-state index in [-0.39, 0.29) is 0 Å². The average Bonchev–Trinajstić information content (AvgIpc) is 3.07. The van der Waals surface area contributed by atoms with Gasteiger partial charge in [-0.3, -0.25) is 4.99 Å². The molecule has 2 aromatic carbocycles. The average molecular weight is 363 g/mol. The lowest BCUT2D eigenvalue weighted by molar-refractivity contribution is 0.415. The van der Waals surface area contributed by atoms with Gasteiger partial charge in [0.15, 0.2) is 5.96 Å². The molecule has 3 aromatic rings. The second kappa shape index (κ2) is 8.89. The maximum atomic E-state index is 5.97. The van der Waals surface area contributed by atoms with E-state index in [4.69, 9.17) is 10.5 Å². The second-order valence-electron chi connectivity index (χ2n) is 6.25. The van der Waals surface area contributed by atoms with Gasteiger partial charge in [-0.2, -0.15) is 5.10 Å². The SMILES string of the molecule is COc1cccc(NC(N)=NCCCc2cn(-c3ccccc3)nc2C)c1. The van der Waals surface area contributed by atoms with Gasteiger partial charge in [0.05, 0.1) is 18.5 Å². The van der Waals surface area contributed by atoms with E-state index in [0.29, 0.717) is 12.5 Å². The van der Waals surface area contributed by atoms with Crippen LogP contribution < -0.4 is 15.8 Å². The summed E-state index contributed by atoms with van der Waals surface area (Å²) in [6.45, 7) is 2.69. The van der Waals surface area contributed by atoms with Gasteiger partial charge in [0.25, 0.3) is 0 Å². The van der Waals surface area contributed by atoms with Crippen LogP contribution in [0.4, 0.5) is 5.69 Å². The van der Waals surface area contributed by atoms with E-state index in [1.54, 1.807) is 7.11 Å². The number of nitrogens with one attached hydrogen (secondary N) is 1. The lowest BCUT2D eigenvalue weighted by atomic mass is 10.1. The van der Waals surface area contributed by atoms with E-state index in [0.717, 1.165) is 35.7 Å². The number of rotatable bonds is 7. The molecule has 0 unspecified atom stereocenters. The summed E-state index contributed by atoms with van der Waals surface area (Å²) < 4.78 is 7.12. The first-order chi connectivity index (χ1) is 13.2. The molecule has 0 saturated carbocycles. The van der Waals surface area contributed by atoms with Gasteiger partial charge in [0, 0.05) is 24.5 Å². The molecule has 0 saturated heterocycles. The fourth-order valence-electron chi connectivity index (χ4n) is 2.81. The standard InChI is InChI=1S/C21H25N5O/c1-16-17(15-26(25-16)19-10-4-3-5-11-19)8-7-13-23-21(22)24-18-9-6-12-20(14-18)27-2/h3-6,9-12,14-15H,7-8,13H2,1-2H3,(H3,22,23,24). The molecule has 0 radical (unpaired) electrons. The molecular weight excluding hydrogens is 338 g/mol. The number of nitrogens with two attached hydrogens (primary N) is 1. The lowest BCUT2D eigenvalue weighted by Crippen LogP contribution is -2.22. The first kappa shape index (κ1) is 18.5. The summed E-state index contributed by atoms with van der Waals surface area (Å²) >= 11 is 0. The lowest BCUT2D eigenvalue weighted by Gasteiger charge is -2.07.